The number of para-hydroxylation sites is 2. The molecule has 0 aliphatic heterocycles. The van der Waals surface area contributed by atoms with Crippen LogP contribution in [0.25, 0.3) is 87.4 Å². The third-order valence-electron chi connectivity index (χ3n) is 9.13. The maximum Gasteiger partial charge on any atom is 0.141 e. The minimum Gasteiger partial charge on any atom is -0.324 e. The molecule has 43 heavy (non-hydrogen) atoms. The number of nitrogens with zero attached hydrogens (tertiary/aromatic N) is 2. The van der Waals surface area contributed by atoms with Crippen molar-refractivity contribution in [2.75, 3.05) is 0 Å². The van der Waals surface area contributed by atoms with Crippen molar-refractivity contribution in [2.24, 2.45) is 0 Å². The second-order valence-corrected chi connectivity index (χ2v) is 11.4. The predicted molar refractivity (Wildman–Crippen MR) is 184 cm³/mol. The Morgan fingerprint density at radius 2 is 1.05 bits per heavy atom. The van der Waals surface area contributed by atoms with Gasteiger partial charge in [-0.1, -0.05) is 115 Å². The monoisotopic (exact) mass is 548 g/mol. The average molecular weight is 549 g/mol. The maximum atomic E-state index is 4.99. The summed E-state index contributed by atoms with van der Waals surface area (Å²) in [6.07, 6.45) is 0. The van der Waals surface area contributed by atoms with Gasteiger partial charge < -0.3 is 4.57 Å². The van der Waals surface area contributed by atoms with Crippen LogP contribution in [0.3, 0.4) is 0 Å². The fourth-order valence-electron chi connectivity index (χ4n) is 7.18. The number of hydrogen-bond acceptors (Lipinski definition) is 1. The summed E-state index contributed by atoms with van der Waals surface area (Å²) in [5.41, 5.74) is 5.77. The lowest BCUT2D eigenvalue weighted by atomic mass is 9.88. The van der Waals surface area contributed by atoms with Crippen molar-refractivity contribution in [3.8, 4) is 22.5 Å². The number of aryl methyl sites for hydroxylation is 1. The first kappa shape index (κ1) is 24.2. The van der Waals surface area contributed by atoms with E-state index in [4.69, 9.17) is 4.98 Å². The first-order chi connectivity index (χ1) is 21.3. The Kier molecular flexibility index (Phi) is 5.21. The molecule has 0 aliphatic carbocycles. The van der Waals surface area contributed by atoms with E-state index in [2.05, 4.69) is 151 Å². The highest BCUT2D eigenvalue weighted by Gasteiger charge is 2.15. The molecule has 0 saturated heterocycles. The molecule has 0 spiro atoms. The van der Waals surface area contributed by atoms with Crippen LogP contribution in [-0.2, 0) is 6.54 Å². The van der Waals surface area contributed by atoms with E-state index in [1.807, 2.05) is 0 Å². The van der Waals surface area contributed by atoms with Crippen LogP contribution in [0, 0.1) is 0 Å². The van der Waals surface area contributed by atoms with E-state index in [9.17, 15) is 0 Å². The van der Waals surface area contributed by atoms with E-state index in [-0.39, 0.29) is 0 Å². The molecule has 202 valence electrons. The zero-order chi connectivity index (χ0) is 28.5. The topological polar surface area (TPSA) is 17.8 Å². The van der Waals surface area contributed by atoms with Gasteiger partial charge in [-0.15, -0.1) is 0 Å². The quantitative estimate of drug-likeness (QED) is 0.201. The van der Waals surface area contributed by atoms with Gasteiger partial charge in [0.1, 0.15) is 5.82 Å². The summed E-state index contributed by atoms with van der Waals surface area (Å²) in [5, 5.41) is 12.9. The molecule has 0 fully saturated rings. The molecule has 1 aromatic heterocycles. The Hall–Kier alpha value is -5.47. The zero-order valence-electron chi connectivity index (χ0n) is 23.9. The molecule has 8 aromatic carbocycles. The minimum atomic E-state index is 0.879. The lowest BCUT2D eigenvalue weighted by Gasteiger charge is -2.15. The molecular formula is C41H28N2. The smallest absolute Gasteiger partial charge is 0.141 e. The second-order valence-electron chi connectivity index (χ2n) is 11.4. The largest absolute Gasteiger partial charge is 0.324 e. The van der Waals surface area contributed by atoms with E-state index in [0.29, 0.717) is 0 Å². The Morgan fingerprint density at radius 3 is 1.79 bits per heavy atom. The third kappa shape index (κ3) is 3.57. The van der Waals surface area contributed by atoms with E-state index < -0.39 is 0 Å². The van der Waals surface area contributed by atoms with Crippen LogP contribution >= 0.6 is 0 Å². The van der Waals surface area contributed by atoms with Gasteiger partial charge in [0, 0.05) is 12.1 Å². The summed E-state index contributed by atoms with van der Waals surface area (Å²) in [6.45, 7) is 3.06. The van der Waals surface area contributed by atoms with Gasteiger partial charge in [-0.25, -0.2) is 4.98 Å². The molecule has 2 nitrogen and oxygen atoms in total. The van der Waals surface area contributed by atoms with E-state index in [0.717, 1.165) is 23.4 Å². The first-order valence-electron chi connectivity index (χ1n) is 15.0. The average Bonchev–Trinajstić information content (AvgIpc) is 3.45. The summed E-state index contributed by atoms with van der Waals surface area (Å²) in [4.78, 5) is 4.99. The van der Waals surface area contributed by atoms with Crippen molar-refractivity contribution in [1.82, 2.24) is 9.55 Å². The number of aromatic nitrogens is 2. The summed E-state index contributed by atoms with van der Waals surface area (Å²) in [5.74, 6) is 1.02. The molecule has 0 radical (unpaired) electrons. The SMILES string of the molecule is CCn1c(-c2ccc(-c3cc4ccc5cccc6c7ccccc7c7ccccc7c(c3)c4c56)cc2)nc2ccccc21. The Morgan fingerprint density at radius 1 is 0.465 bits per heavy atom. The van der Waals surface area contributed by atoms with Crippen molar-refractivity contribution in [3.05, 3.63) is 140 Å². The molecule has 0 aliphatic rings. The normalized spacial score (nSPS) is 11.9. The molecule has 1 heterocycles. The van der Waals surface area contributed by atoms with Gasteiger partial charge in [0.25, 0.3) is 0 Å². The molecule has 0 unspecified atom stereocenters. The fourth-order valence-corrected chi connectivity index (χ4v) is 7.18. The van der Waals surface area contributed by atoms with Crippen LogP contribution in [0.15, 0.2) is 140 Å². The second kappa shape index (κ2) is 9.27. The number of imidazole rings is 1. The summed E-state index contributed by atoms with van der Waals surface area (Å²) in [7, 11) is 0. The van der Waals surface area contributed by atoms with Gasteiger partial charge in [0.2, 0.25) is 0 Å². The highest BCUT2D eigenvalue weighted by atomic mass is 15.1. The van der Waals surface area contributed by atoms with E-state index in [1.165, 1.54) is 70.5 Å². The van der Waals surface area contributed by atoms with Crippen molar-refractivity contribution in [3.63, 3.8) is 0 Å². The Balaban J connectivity index is 1.33. The molecule has 2 heteroatoms. The molecule has 0 atom stereocenters. The van der Waals surface area contributed by atoms with Gasteiger partial charge in [0.15, 0.2) is 0 Å². The van der Waals surface area contributed by atoms with Gasteiger partial charge in [-0.2, -0.15) is 0 Å². The fraction of sp³-hybridized carbons (Fsp3) is 0.0488. The van der Waals surface area contributed by atoms with E-state index in [1.54, 1.807) is 0 Å². The van der Waals surface area contributed by atoms with Crippen LogP contribution in [-0.4, -0.2) is 9.55 Å². The molecule has 0 saturated carbocycles. The maximum absolute atomic E-state index is 4.99. The zero-order valence-corrected chi connectivity index (χ0v) is 23.9. The number of hydrogen-bond donors (Lipinski definition) is 0. The molecule has 0 N–H and O–H groups in total. The third-order valence-corrected chi connectivity index (χ3v) is 9.13. The summed E-state index contributed by atoms with van der Waals surface area (Å²) in [6, 6.07) is 51.1. The van der Waals surface area contributed by atoms with Crippen molar-refractivity contribution >= 4 is 64.9 Å². The van der Waals surface area contributed by atoms with Gasteiger partial charge in [0.05, 0.1) is 11.0 Å². The summed E-state index contributed by atoms with van der Waals surface area (Å²) < 4.78 is 2.30. The van der Waals surface area contributed by atoms with Crippen LogP contribution in [0.4, 0.5) is 0 Å². The summed E-state index contributed by atoms with van der Waals surface area (Å²) >= 11 is 0. The van der Waals surface area contributed by atoms with Crippen molar-refractivity contribution < 1.29 is 0 Å². The van der Waals surface area contributed by atoms with Crippen LogP contribution in [0.5, 0.6) is 0 Å². The minimum absolute atomic E-state index is 0.879. The highest BCUT2D eigenvalue weighted by molar-refractivity contribution is 6.33. The predicted octanol–water partition coefficient (Wildman–Crippen LogP) is 11.2. The number of rotatable bonds is 3. The van der Waals surface area contributed by atoms with Crippen LogP contribution in [0.2, 0.25) is 0 Å². The molecule has 0 bridgehead atoms. The van der Waals surface area contributed by atoms with Crippen molar-refractivity contribution in [2.45, 2.75) is 13.5 Å². The Bertz CT molecular complexity index is 2530. The Labute approximate surface area is 249 Å². The van der Waals surface area contributed by atoms with Gasteiger partial charge in [-0.3, -0.25) is 0 Å². The van der Waals surface area contributed by atoms with Crippen LogP contribution < -0.4 is 0 Å². The highest BCUT2D eigenvalue weighted by Crippen LogP contribution is 2.42. The molecule has 0 amide bonds. The number of fused-ring (bicyclic) bond motifs is 6. The molecular weight excluding hydrogens is 520 g/mol. The first-order valence-corrected chi connectivity index (χ1v) is 15.0. The molecule has 9 rings (SSSR count). The number of benzene rings is 7. The molecule has 9 aromatic rings. The standard InChI is InChI=1S/C41H28N2/c1-2-43-38-17-8-7-16-37(38)42-41(43)28-21-18-26(19-22-28)30-24-29-23-20-27-10-9-15-35-33-13-5-3-11-31(33)32-12-4-6-14-34(32)36(25-30)40(29)39(27)35/h3-25H,2H2,1H3. The lowest BCUT2D eigenvalue weighted by molar-refractivity contribution is 0.796. The van der Waals surface area contributed by atoms with Gasteiger partial charge in [-0.05, 0) is 96.2 Å². The van der Waals surface area contributed by atoms with Crippen molar-refractivity contribution in [1.29, 1.82) is 0 Å². The van der Waals surface area contributed by atoms with Crippen LogP contribution in [0.1, 0.15) is 6.92 Å². The lowest BCUT2D eigenvalue weighted by Crippen LogP contribution is -1.97. The van der Waals surface area contributed by atoms with E-state index >= 15 is 0 Å². The van der Waals surface area contributed by atoms with Gasteiger partial charge >= 0.3 is 0 Å².